The molecule has 166 valence electrons. The van der Waals surface area contributed by atoms with Crippen LogP contribution in [0.4, 0.5) is 11.4 Å². The fraction of sp³-hybridized carbons (Fsp3) is 0.200. The number of ether oxygens (including phenoxy) is 1. The van der Waals surface area contributed by atoms with Crippen molar-refractivity contribution in [2.45, 2.75) is 17.9 Å². The summed E-state index contributed by atoms with van der Waals surface area (Å²) in [4.78, 5) is 25.7. The minimum atomic E-state index is -3.83. The zero-order chi connectivity index (χ0) is 22.9. The van der Waals surface area contributed by atoms with Crippen molar-refractivity contribution in [3.8, 4) is 5.75 Å². The second-order valence-corrected chi connectivity index (χ2v) is 9.76. The second-order valence-electron chi connectivity index (χ2n) is 6.93. The van der Waals surface area contributed by atoms with Gasteiger partial charge in [0.15, 0.2) is 0 Å². The summed E-state index contributed by atoms with van der Waals surface area (Å²) < 4.78 is 32.8. The Bertz CT molecular complexity index is 1290. The minimum Gasteiger partial charge on any atom is -0.497 e. The Morgan fingerprint density at radius 2 is 1.94 bits per heavy atom. The van der Waals surface area contributed by atoms with Gasteiger partial charge in [0.05, 0.1) is 25.0 Å². The number of rotatable bonds is 7. The fourth-order valence-corrected chi connectivity index (χ4v) is 4.93. The van der Waals surface area contributed by atoms with Gasteiger partial charge in [0.2, 0.25) is 20.9 Å². The van der Waals surface area contributed by atoms with Gasteiger partial charge in [-0.1, -0.05) is 11.3 Å². The van der Waals surface area contributed by atoms with Crippen molar-refractivity contribution < 1.29 is 22.7 Å². The maximum absolute atomic E-state index is 12.7. The quantitative estimate of drug-likeness (QED) is 0.535. The molecule has 0 aliphatic carbocycles. The van der Waals surface area contributed by atoms with Crippen LogP contribution in [0.1, 0.15) is 20.4 Å². The average molecular weight is 474 g/mol. The van der Waals surface area contributed by atoms with E-state index < -0.39 is 15.9 Å². The van der Waals surface area contributed by atoms with Gasteiger partial charge in [0.25, 0.3) is 5.91 Å². The van der Waals surface area contributed by atoms with Crippen LogP contribution in [0.5, 0.6) is 5.75 Å². The Morgan fingerprint density at radius 3 is 2.66 bits per heavy atom. The molecule has 0 saturated heterocycles. The number of hydrogen-bond acceptors (Lipinski definition) is 8. The van der Waals surface area contributed by atoms with Crippen molar-refractivity contribution >= 4 is 44.5 Å². The van der Waals surface area contributed by atoms with Gasteiger partial charge in [-0.15, -0.1) is 10.2 Å². The molecule has 12 heteroatoms. The number of benzene rings is 2. The molecule has 0 bridgehead atoms. The number of fused-ring (bicyclic) bond motifs is 1. The fourth-order valence-electron chi connectivity index (χ4n) is 3.13. The summed E-state index contributed by atoms with van der Waals surface area (Å²) in [6.45, 7) is -0.119. The van der Waals surface area contributed by atoms with Crippen LogP contribution in [-0.4, -0.2) is 44.6 Å². The zero-order valence-electron chi connectivity index (χ0n) is 17.2. The molecule has 0 saturated carbocycles. The van der Waals surface area contributed by atoms with Gasteiger partial charge in [-0.25, -0.2) is 13.1 Å². The van der Waals surface area contributed by atoms with Crippen molar-refractivity contribution in [1.29, 1.82) is 0 Å². The number of aromatic nitrogens is 2. The predicted octanol–water partition coefficient (Wildman–Crippen LogP) is 1.80. The molecule has 2 N–H and O–H groups in total. The number of likely N-dealkylation sites (N-methyl/N-ethyl adjacent to an activating group) is 1. The third-order valence-electron chi connectivity index (χ3n) is 4.86. The molecule has 32 heavy (non-hydrogen) atoms. The summed E-state index contributed by atoms with van der Waals surface area (Å²) >= 11 is 0.987. The lowest BCUT2D eigenvalue weighted by molar-refractivity contribution is -0.117. The van der Waals surface area contributed by atoms with Crippen LogP contribution >= 0.6 is 11.3 Å². The van der Waals surface area contributed by atoms with Crippen LogP contribution in [0, 0.1) is 0 Å². The van der Waals surface area contributed by atoms with E-state index in [-0.39, 0.29) is 28.8 Å². The Kier molecular flexibility index (Phi) is 5.91. The highest BCUT2D eigenvalue weighted by Crippen LogP contribution is 2.29. The lowest BCUT2D eigenvalue weighted by Crippen LogP contribution is -2.23. The molecule has 1 aliphatic heterocycles. The number of anilines is 2. The number of sulfonamides is 1. The highest BCUT2D eigenvalue weighted by Gasteiger charge is 2.26. The van der Waals surface area contributed by atoms with E-state index in [9.17, 15) is 18.0 Å². The van der Waals surface area contributed by atoms with Gasteiger partial charge < -0.3 is 15.0 Å². The van der Waals surface area contributed by atoms with E-state index in [2.05, 4.69) is 20.2 Å². The van der Waals surface area contributed by atoms with Crippen LogP contribution in [-0.2, 0) is 27.8 Å². The molecular formula is C20H19N5O5S2. The summed E-state index contributed by atoms with van der Waals surface area (Å²) in [5.74, 6) is 0.126. The Labute approximate surface area is 188 Å². The first-order valence-electron chi connectivity index (χ1n) is 9.44. The lowest BCUT2D eigenvalue weighted by Gasteiger charge is -2.11. The molecule has 10 nitrogen and oxygen atoms in total. The summed E-state index contributed by atoms with van der Waals surface area (Å²) in [5.41, 5.74) is 1.92. The largest absolute Gasteiger partial charge is 0.497 e. The molecule has 2 amide bonds. The smallest absolute Gasteiger partial charge is 0.286 e. The summed E-state index contributed by atoms with van der Waals surface area (Å²) in [7, 11) is -0.633. The summed E-state index contributed by atoms with van der Waals surface area (Å²) in [5, 5.41) is 10.9. The Balaban J connectivity index is 1.39. The number of nitrogens with one attached hydrogen (secondary N) is 2. The maximum Gasteiger partial charge on any atom is 0.286 e. The molecule has 0 radical (unpaired) electrons. The summed E-state index contributed by atoms with van der Waals surface area (Å²) in [6.07, 6.45) is 0.165. The predicted molar refractivity (Wildman–Crippen MR) is 118 cm³/mol. The molecule has 0 spiro atoms. The number of carbonyl (C=O) groups excluding carboxylic acids is 2. The average Bonchev–Trinajstić information content (AvgIpc) is 3.37. The zero-order valence-corrected chi connectivity index (χ0v) is 18.8. The third kappa shape index (κ3) is 4.47. The number of methoxy groups -OCH3 is 1. The first-order valence-corrected chi connectivity index (χ1v) is 11.7. The number of carbonyl (C=O) groups is 2. The Morgan fingerprint density at radius 1 is 1.19 bits per heavy atom. The van der Waals surface area contributed by atoms with E-state index in [1.165, 1.54) is 17.0 Å². The first kappa shape index (κ1) is 21.9. The van der Waals surface area contributed by atoms with Crippen molar-refractivity contribution in [3.63, 3.8) is 0 Å². The second kappa shape index (κ2) is 8.65. The highest BCUT2D eigenvalue weighted by atomic mass is 32.2. The molecular weight excluding hydrogens is 454 g/mol. The minimum absolute atomic E-state index is 0.0568. The van der Waals surface area contributed by atoms with Crippen molar-refractivity contribution in [3.05, 3.63) is 58.0 Å². The molecule has 0 atom stereocenters. The lowest BCUT2D eigenvalue weighted by atomic mass is 10.2. The van der Waals surface area contributed by atoms with Crippen molar-refractivity contribution in [2.24, 2.45) is 0 Å². The van der Waals surface area contributed by atoms with Gasteiger partial charge in [-0.05, 0) is 48.0 Å². The van der Waals surface area contributed by atoms with Crippen molar-refractivity contribution in [1.82, 2.24) is 14.9 Å². The van der Waals surface area contributed by atoms with Crippen LogP contribution in [0.15, 0.2) is 47.4 Å². The third-order valence-corrected chi connectivity index (χ3v) is 7.18. The van der Waals surface area contributed by atoms with Crippen LogP contribution in [0.2, 0.25) is 0 Å². The highest BCUT2D eigenvalue weighted by molar-refractivity contribution is 7.89. The number of hydrogen-bond donors (Lipinski definition) is 2. The SMILES string of the molecule is COc1ccc(NC(=O)c2nnc(CNS(=O)(=O)c3ccc4c(c3)CC(=O)N4C)s2)cc1. The van der Waals surface area contributed by atoms with Gasteiger partial charge in [0.1, 0.15) is 10.8 Å². The maximum atomic E-state index is 12.7. The van der Waals surface area contributed by atoms with Crippen molar-refractivity contribution in [2.75, 3.05) is 24.4 Å². The van der Waals surface area contributed by atoms with Gasteiger partial charge in [-0.2, -0.15) is 0 Å². The molecule has 3 aromatic rings. The van der Waals surface area contributed by atoms with E-state index in [1.807, 2.05) is 0 Å². The molecule has 2 aromatic carbocycles. The van der Waals surface area contributed by atoms with E-state index in [1.54, 1.807) is 44.5 Å². The van der Waals surface area contributed by atoms with E-state index in [0.717, 1.165) is 11.3 Å². The molecule has 1 aromatic heterocycles. The molecule has 0 fully saturated rings. The van der Waals surface area contributed by atoms with E-state index >= 15 is 0 Å². The standard InChI is InChI=1S/C20H19N5O5S2/c1-25-16-8-7-15(9-12(16)10-18(25)26)32(28,29)21-11-17-23-24-20(31-17)19(27)22-13-3-5-14(30-2)6-4-13/h3-9,21H,10-11H2,1-2H3,(H,22,27). The number of amides is 2. The molecule has 1 aliphatic rings. The van der Waals surface area contributed by atoms with Gasteiger partial charge in [-0.3, -0.25) is 9.59 Å². The monoisotopic (exact) mass is 473 g/mol. The molecule has 2 heterocycles. The van der Waals surface area contributed by atoms with Crippen LogP contribution < -0.4 is 19.7 Å². The van der Waals surface area contributed by atoms with Gasteiger partial charge >= 0.3 is 0 Å². The number of nitrogens with zero attached hydrogens (tertiary/aromatic N) is 3. The van der Waals surface area contributed by atoms with E-state index in [4.69, 9.17) is 4.74 Å². The van der Waals surface area contributed by atoms with Crippen LogP contribution in [0.3, 0.4) is 0 Å². The molecule has 4 rings (SSSR count). The normalized spacial score (nSPS) is 13.2. The van der Waals surface area contributed by atoms with Crippen LogP contribution in [0.25, 0.3) is 0 Å². The van der Waals surface area contributed by atoms with E-state index in [0.29, 0.717) is 27.7 Å². The first-order chi connectivity index (χ1) is 15.3. The topological polar surface area (TPSA) is 131 Å². The molecule has 0 unspecified atom stereocenters. The summed E-state index contributed by atoms with van der Waals surface area (Å²) in [6, 6.07) is 11.4. The Hall–Kier alpha value is -3.35. The van der Waals surface area contributed by atoms with Gasteiger partial charge in [0, 0.05) is 18.4 Å².